The highest BCUT2D eigenvalue weighted by molar-refractivity contribution is 5.89. The van der Waals surface area contributed by atoms with Crippen LogP contribution < -0.4 is 29.8 Å². The quantitative estimate of drug-likeness (QED) is 0.173. The number of fused-ring (bicyclic) bond motifs is 2. The van der Waals surface area contributed by atoms with E-state index in [4.69, 9.17) is 18.9 Å². The molecule has 0 aliphatic carbocycles. The molecule has 0 spiro atoms. The molecular weight excluding hydrogens is 520 g/mol. The van der Waals surface area contributed by atoms with Gasteiger partial charge in [-0.25, -0.2) is 10.9 Å². The Morgan fingerprint density at radius 3 is 1.49 bits per heavy atom. The number of hydrazone groups is 2. The molecule has 0 fully saturated rings. The molecule has 2 aliphatic rings. The Morgan fingerprint density at radius 2 is 1.10 bits per heavy atom. The first-order chi connectivity index (χ1) is 18.8. The van der Waals surface area contributed by atoms with Gasteiger partial charge in [-0.2, -0.15) is 10.2 Å². The fourth-order valence-corrected chi connectivity index (χ4v) is 3.62. The van der Waals surface area contributed by atoms with E-state index in [1.807, 2.05) is 0 Å². The van der Waals surface area contributed by atoms with Crippen LogP contribution in [0.1, 0.15) is 43.2 Å². The van der Waals surface area contributed by atoms with Crippen molar-refractivity contribution in [2.75, 3.05) is 13.6 Å². The van der Waals surface area contributed by atoms with Crippen molar-refractivity contribution in [3.8, 4) is 23.0 Å². The zero-order valence-corrected chi connectivity index (χ0v) is 20.3. The normalized spacial score (nSPS) is 13.1. The van der Waals surface area contributed by atoms with E-state index < -0.39 is 21.7 Å². The van der Waals surface area contributed by atoms with Gasteiger partial charge in [0.05, 0.1) is 45.5 Å². The van der Waals surface area contributed by atoms with Crippen LogP contribution in [0, 0.1) is 20.2 Å². The van der Waals surface area contributed by atoms with Crippen LogP contribution in [0.3, 0.4) is 0 Å². The third-order valence-corrected chi connectivity index (χ3v) is 5.53. The van der Waals surface area contributed by atoms with E-state index in [1.54, 1.807) is 0 Å². The molecule has 2 aromatic carbocycles. The standard InChI is InChI=1S/C23H22N6O10/c30-22(26-24-10-14-6-18-20(38-12-36-18)8-16(14)28(32)33)4-2-1-3-5-23(31)27-25-11-15-7-19-21(39-13-37-19)9-17(15)29(34)35/h6-11H,1-5,12-13H2,(H,26,30)(H,27,31)/b24-10+,25-11+. The lowest BCUT2D eigenvalue weighted by atomic mass is 10.1. The highest BCUT2D eigenvalue weighted by Gasteiger charge is 2.23. The summed E-state index contributed by atoms with van der Waals surface area (Å²) in [4.78, 5) is 45.3. The van der Waals surface area contributed by atoms with Crippen LogP contribution in [-0.2, 0) is 9.59 Å². The SMILES string of the molecule is O=C(CCCCCC(=O)N/N=C/c1cc2c(cc1[N+](=O)[O-])OCO2)N/N=C/c1cc2c(cc1[N+](=O)[O-])OCO2. The molecule has 0 saturated carbocycles. The van der Waals surface area contributed by atoms with Gasteiger partial charge in [0.25, 0.3) is 11.4 Å². The largest absolute Gasteiger partial charge is 0.454 e. The van der Waals surface area contributed by atoms with Gasteiger partial charge in [0.2, 0.25) is 25.4 Å². The summed E-state index contributed by atoms with van der Waals surface area (Å²) in [7, 11) is 0. The predicted octanol–water partition coefficient (Wildman–Crippen LogP) is 2.51. The van der Waals surface area contributed by atoms with Gasteiger partial charge in [-0.15, -0.1) is 0 Å². The molecule has 2 aromatic rings. The van der Waals surface area contributed by atoms with Crippen molar-refractivity contribution in [1.29, 1.82) is 0 Å². The molecule has 0 aromatic heterocycles. The highest BCUT2D eigenvalue weighted by atomic mass is 16.7. The Morgan fingerprint density at radius 1 is 0.718 bits per heavy atom. The van der Waals surface area contributed by atoms with Gasteiger partial charge in [0.15, 0.2) is 23.0 Å². The molecule has 4 rings (SSSR count). The van der Waals surface area contributed by atoms with Crippen LogP contribution in [-0.4, -0.2) is 47.7 Å². The molecule has 2 N–H and O–H groups in total. The van der Waals surface area contributed by atoms with E-state index in [-0.39, 0.29) is 60.4 Å². The molecule has 0 unspecified atom stereocenters. The number of hydrogen-bond donors (Lipinski definition) is 2. The van der Waals surface area contributed by atoms with E-state index >= 15 is 0 Å². The molecule has 16 heteroatoms. The molecule has 0 radical (unpaired) electrons. The minimum absolute atomic E-state index is 0.0371. The number of unbranched alkanes of at least 4 members (excludes halogenated alkanes) is 2. The van der Waals surface area contributed by atoms with Crippen LogP contribution >= 0.6 is 0 Å². The van der Waals surface area contributed by atoms with Gasteiger partial charge in [-0.3, -0.25) is 29.8 Å². The molecule has 39 heavy (non-hydrogen) atoms. The van der Waals surface area contributed by atoms with Crippen molar-refractivity contribution >= 4 is 35.6 Å². The summed E-state index contributed by atoms with van der Waals surface area (Å²) >= 11 is 0. The zero-order valence-electron chi connectivity index (χ0n) is 20.3. The van der Waals surface area contributed by atoms with E-state index in [9.17, 15) is 29.8 Å². The summed E-state index contributed by atoms with van der Waals surface area (Å²) in [5.41, 5.74) is 4.42. The summed E-state index contributed by atoms with van der Waals surface area (Å²) in [6.07, 6.45) is 4.09. The van der Waals surface area contributed by atoms with Crippen LogP contribution in [0.5, 0.6) is 23.0 Å². The van der Waals surface area contributed by atoms with E-state index in [0.29, 0.717) is 30.8 Å². The number of hydrogen-bond acceptors (Lipinski definition) is 12. The topological polar surface area (TPSA) is 206 Å². The first kappa shape index (κ1) is 26.8. The minimum atomic E-state index is -0.589. The number of nitrogens with one attached hydrogen (secondary N) is 2. The van der Waals surface area contributed by atoms with Crippen LogP contribution in [0.2, 0.25) is 0 Å². The van der Waals surface area contributed by atoms with Crippen LogP contribution in [0.4, 0.5) is 11.4 Å². The van der Waals surface area contributed by atoms with Gasteiger partial charge in [-0.1, -0.05) is 6.42 Å². The van der Waals surface area contributed by atoms with E-state index in [2.05, 4.69) is 21.1 Å². The molecule has 2 aliphatic heterocycles. The lowest BCUT2D eigenvalue weighted by Gasteiger charge is -2.03. The summed E-state index contributed by atoms with van der Waals surface area (Å²) in [5, 5.41) is 30.1. The van der Waals surface area contributed by atoms with Crippen molar-refractivity contribution in [3.63, 3.8) is 0 Å². The lowest BCUT2D eigenvalue weighted by Crippen LogP contribution is -2.18. The number of ether oxygens (including phenoxy) is 4. The van der Waals surface area contributed by atoms with Gasteiger partial charge in [0, 0.05) is 12.8 Å². The van der Waals surface area contributed by atoms with Gasteiger partial charge in [-0.05, 0) is 25.0 Å². The number of nitro groups is 2. The number of benzene rings is 2. The van der Waals surface area contributed by atoms with Crippen molar-refractivity contribution in [2.24, 2.45) is 10.2 Å². The monoisotopic (exact) mass is 542 g/mol. The van der Waals surface area contributed by atoms with E-state index in [0.717, 1.165) is 12.4 Å². The second-order valence-electron chi connectivity index (χ2n) is 8.19. The number of rotatable bonds is 12. The predicted molar refractivity (Wildman–Crippen MR) is 133 cm³/mol. The number of carbonyl (C=O) groups excluding carboxylic acids is 2. The maximum atomic E-state index is 12.0. The van der Waals surface area contributed by atoms with Gasteiger partial charge < -0.3 is 18.9 Å². The molecule has 204 valence electrons. The number of nitrogens with zero attached hydrogens (tertiary/aromatic N) is 4. The fraction of sp³-hybridized carbons (Fsp3) is 0.304. The van der Waals surface area contributed by atoms with Crippen molar-refractivity contribution < 1.29 is 38.4 Å². The molecule has 0 bridgehead atoms. The maximum Gasteiger partial charge on any atom is 0.282 e. The second kappa shape index (κ2) is 12.3. The van der Waals surface area contributed by atoms with E-state index in [1.165, 1.54) is 24.3 Å². The molecule has 2 heterocycles. The Labute approximate surface area is 219 Å². The molecule has 0 saturated heterocycles. The maximum absolute atomic E-state index is 12.0. The third-order valence-electron chi connectivity index (χ3n) is 5.53. The average Bonchev–Trinajstić information content (AvgIpc) is 3.56. The van der Waals surface area contributed by atoms with Crippen molar-refractivity contribution in [3.05, 3.63) is 55.6 Å². The number of nitro benzene ring substituents is 2. The highest BCUT2D eigenvalue weighted by Crippen LogP contribution is 2.38. The first-order valence-electron chi connectivity index (χ1n) is 11.6. The fourth-order valence-electron chi connectivity index (χ4n) is 3.62. The Bertz CT molecular complexity index is 1260. The number of amides is 2. The molecular formula is C23H22N6O10. The summed E-state index contributed by atoms with van der Waals surface area (Å²) in [5.74, 6) is 0.423. The second-order valence-corrected chi connectivity index (χ2v) is 8.19. The Kier molecular flexibility index (Phi) is 8.45. The smallest absolute Gasteiger partial charge is 0.282 e. The zero-order chi connectivity index (χ0) is 27.8. The van der Waals surface area contributed by atoms with Crippen molar-refractivity contribution in [1.82, 2.24) is 10.9 Å². The molecule has 16 nitrogen and oxygen atoms in total. The van der Waals surface area contributed by atoms with Crippen LogP contribution in [0.15, 0.2) is 34.5 Å². The summed E-state index contributed by atoms with van der Waals surface area (Å²) in [6.45, 7) is -0.0741. The Balaban J connectivity index is 1.15. The van der Waals surface area contributed by atoms with Gasteiger partial charge in [0.1, 0.15) is 0 Å². The molecule has 0 atom stereocenters. The van der Waals surface area contributed by atoms with Crippen LogP contribution in [0.25, 0.3) is 0 Å². The first-order valence-corrected chi connectivity index (χ1v) is 11.6. The number of carbonyl (C=O) groups is 2. The summed E-state index contributed by atoms with van der Waals surface area (Å²) in [6, 6.07) is 5.27. The third kappa shape index (κ3) is 6.94. The molecule has 2 amide bonds. The summed E-state index contributed by atoms with van der Waals surface area (Å²) < 4.78 is 20.7. The lowest BCUT2D eigenvalue weighted by molar-refractivity contribution is -0.385. The average molecular weight is 542 g/mol. The minimum Gasteiger partial charge on any atom is -0.454 e. The van der Waals surface area contributed by atoms with Gasteiger partial charge >= 0.3 is 0 Å². The Hall–Kier alpha value is -5.28. The van der Waals surface area contributed by atoms with Crippen molar-refractivity contribution in [2.45, 2.75) is 32.1 Å².